The van der Waals surface area contributed by atoms with Gasteiger partial charge in [0.15, 0.2) is 0 Å². The lowest BCUT2D eigenvalue weighted by molar-refractivity contribution is -0.385. The molecule has 2 aromatic heterocycles. The summed E-state index contributed by atoms with van der Waals surface area (Å²) in [5, 5.41) is 14.5. The monoisotopic (exact) mass is 354 g/mol. The van der Waals surface area contributed by atoms with Crippen molar-refractivity contribution in [1.82, 2.24) is 9.38 Å². The number of aryl methyl sites for hydroxylation is 1. The SMILES string of the molecule is COc1ccc(C)cc1C(C)Nc1nc2ccccn2c(=O)c1[N+](=O)[O-]. The van der Waals surface area contributed by atoms with Crippen molar-refractivity contribution in [3.8, 4) is 5.75 Å². The van der Waals surface area contributed by atoms with Gasteiger partial charge < -0.3 is 10.1 Å². The normalized spacial score (nSPS) is 12.0. The van der Waals surface area contributed by atoms with E-state index in [1.54, 1.807) is 25.3 Å². The fourth-order valence-electron chi connectivity index (χ4n) is 2.82. The maximum atomic E-state index is 12.5. The number of nitrogens with zero attached hydrogens (tertiary/aromatic N) is 3. The molecule has 8 nitrogen and oxygen atoms in total. The third-order valence-corrected chi connectivity index (χ3v) is 4.10. The number of hydrogen-bond donors (Lipinski definition) is 1. The van der Waals surface area contributed by atoms with Crippen molar-refractivity contribution in [2.75, 3.05) is 12.4 Å². The molecule has 0 radical (unpaired) electrons. The zero-order valence-electron chi connectivity index (χ0n) is 14.6. The average molecular weight is 354 g/mol. The summed E-state index contributed by atoms with van der Waals surface area (Å²) in [6, 6.07) is 10.3. The van der Waals surface area contributed by atoms with Gasteiger partial charge in [-0.15, -0.1) is 0 Å². The molecule has 8 heteroatoms. The molecule has 1 unspecified atom stereocenters. The highest BCUT2D eigenvalue weighted by atomic mass is 16.6. The molecule has 0 spiro atoms. The lowest BCUT2D eigenvalue weighted by atomic mass is 10.0. The first-order valence-corrected chi connectivity index (χ1v) is 7.99. The van der Waals surface area contributed by atoms with Crippen LogP contribution >= 0.6 is 0 Å². The first-order valence-electron chi connectivity index (χ1n) is 7.99. The fourth-order valence-corrected chi connectivity index (χ4v) is 2.82. The van der Waals surface area contributed by atoms with E-state index in [-0.39, 0.29) is 11.9 Å². The molecule has 1 aromatic carbocycles. The molecule has 0 saturated heterocycles. The van der Waals surface area contributed by atoms with Crippen molar-refractivity contribution in [2.45, 2.75) is 19.9 Å². The molecule has 1 N–H and O–H groups in total. The number of aromatic nitrogens is 2. The second-order valence-corrected chi connectivity index (χ2v) is 5.91. The number of pyridine rings is 1. The molecule has 0 aliphatic heterocycles. The molecule has 0 bridgehead atoms. The van der Waals surface area contributed by atoms with E-state index in [0.29, 0.717) is 11.4 Å². The third-order valence-electron chi connectivity index (χ3n) is 4.10. The van der Waals surface area contributed by atoms with Crippen molar-refractivity contribution in [1.29, 1.82) is 0 Å². The van der Waals surface area contributed by atoms with Crippen LogP contribution < -0.4 is 15.6 Å². The zero-order valence-corrected chi connectivity index (χ0v) is 14.6. The van der Waals surface area contributed by atoms with Gasteiger partial charge in [-0.3, -0.25) is 19.3 Å². The molecule has 26 heavy (non-hydrogen) atoms. The fraction of sp³-hybridized carbons (Fsp3) is 0.222. The summed E-state index contributed by atoms with van der Waals surface area (Å²) in [6.45, 7) is 3.77. The van der Waals surface area contributed by atoms with Gasteiger partial charge in [-0.25, -0.2) is 4.98 Å². The average Bonchev–Trinajstić information content (AvgIpc) is 2.61. The Morgan fingerprint density at radius 2 is 2.08 bits per heavy atom. The zero-order chi connectivity index (χ0) is 18.8. The molecule has 3 rings (SSSR count). The molecule has 0 saturated carbocycles. The Bertz CT molecular complexity index is 1050. The Kier molecular flexibility index (Phi) is 4.57. The maximum Gasteiger partial charge on any atom is 0.376 e. The van der Waals surface area contributed by atoms with E-state index in [2.05, 4.69) is 10.3 Å². The van der Waals surface area contributed by atoms with Gasteiger partial charge in [0.25, 0.3) is 0 Å². The maximum absolute atomic E-state index is 12.5. The number of fused-ring (bicyclic) bond motifs is 1. The summed E-state index contributed by atoms with van der Waals surface area (Å²) < 4.78 is 6.52. The van der Waals surface area contributed by atoms with E-state index in [4.69, 9.17) is 4.74 Å². The minimum atomic E-state index is -0.730. The van der Waals surface area contributed by atoms with Gasteiger partial charge in [0.2, 0.25) is 5.82 Å². The summed E-state index contributed by atoms with van der Waals surface area (Å²) in [5.41, 5.74) is 0.847. The highest BCUT2D eigenvalue weighted by Crippen LogP contribution is 2.30. The van der Waals surface area contributed by atoms with Crippen molar-refractivity contribution >= 4 is 17.2 Å². The molecule has 0 aliphatic rings. The number of hydrogen-bond acceptors (Lipinski definition) is 6. The smallest absolute Gasteiger partial charge is 0.376 e. The van der Waals surface area contributed by atoms with Crippen LogP contribution in [-0.2, 0) is 0 Å². The van der Waals surface area contributed by atoms with Crippen LogP contribution in [-0.4, -0.2) is 21.4 Å². The van der Waals surface area contributed by atoms with Crippen LogP contribution in [0.5, 0.6) is 5.75 Å². The Balaban J connectivity index is 2.11. The number of nitrogens with one attached hydrogen (secondary N) is 1. The predicted octanol–water partition coefficient (Wildman–Crippen LogP) is 3.09. The lowest BCUT2D eigenvalue weighted by Crippen LogP contribution is -2.22. The second kappa shape index (κ2) is 6.83. The highest BCUT2D eigenvalue weighted by Gasteiger charge is 2.25. The molecule has 0 fully saturated rings. The number of anilines is 1. The topological polar surface area (TPSA) is 98.8 Å². The van der Waals surface area contributed by atoms with Crippen LogP contribution in [0.2, 0.25) is 0 Å². The van der Waals surface area contributed by atoms with Crippen LogP contribution in [0.25, 0.3) is 5.65 Å². The quantitative estimate of drug-likeness (QED) is 0.558. The first kappa shape index (κ1) is 17.4. The summed E-state index contributed by atoms with van der Waals surface area (Å²) in [5.74, 6) is 0.582. The van der Waals surface area contributed by atoms with Crippen molar-refractivity contribution in [2.24, 2.45) is 0 Å². The van der Waals surface area contributed by atoms with E-state index < -0.39 is 16.2 Å². The second-order valence-electron chi connectivity index (χ2n) is 5.91. The number of rotatable bonds is 5. The predicted molar refractivity (Wildman–Crippen MR) is 97.9 cm³/mol. The van der Waals surface area contributed by atoms with Crippen molar-refractivity contribution in [3.05, 3.63) is 74.2 Å². The van der Waals surface area contributed by atoms with E-state index in [1.807, 2.05) is 32.0 Å². The van der Waals surface area contributed by atoms with Crippen LogP contribution in [0.4, 0.5) is 11.5 Å². The Morgan fingerprint density at radius 1 is 1.31 bits per heavy atom. The molecule has 134 valence electrons. The number of methoxy groups -OCH3 is 1. The van der Waals surface area contributed by atoms with Gasteiger partial charge in [0.05, 0.1) is 18.1 Å². The van der Waals surface area contributed by atoms with Gasteiger partial charge in [0.1, 0.15) is 11.4 Å². The molecular weight excluding hydrogens is 336 g/mol. The van der Waals surface area contributed by atoms with Gasteiger partial charge >= 0.3 is 11.2 Å². The number of nitro groups is 1. The van der Waals surface area contributed by atoms with E-state index in [9.17, 15) is 14.9 Å². The molecule has 0 amide bonds. The lowest BCUT2D eigenvalue weighted by Gasteiger charge is -2.18. The standard InChI is InChI=1S/C18H18N4O4/c1-11-7-8-14(26-3)13(10-11)12(2)19-17-16(22(24)25)18(23)21-9-5-4-6-15(21)20-17/h4-10,12,19H,1-3H3. The number of ether oxygens (including phenoxy) is 1. The molecule has 2 heterocycles. The van der Waals surface area contributed by atoms with Crippen LogP contribution in [0.3, 0.4) is 0 Å². The summed E-state index contributed by atoms with van der Waals surface area (Å²) in [4.78, 5) is 27.5. The van der Waals surface area contributed by atoms with Crippen LogP contribution in [0, 0.1) is 17.0 Å². The van der Waals surface area contributed by atoms with Crippen LogP contribution in [0.15, 0.2) is 47.4 Å². The first-order chi connectivity index (χ1) is 12.4. The molecule has 1 atom stereocenters. The molecule has 0 aliphatic carbocycles. The Labute approximate surface area is 149 Å². The van der Waals surface area contributed by atoms with E-state index in [0.717, 1.165) is 15.5 Å². The summed E-state index contributed by atoms with van der Waals surface area (Å²) >= 11 is 0. The van der Waals surface area contributed by atoms with Crippen molar-refractivity contribution < 1.29 is 9.66 Å². The van der Waals surface area contributed by atoms with Crippen molar-refractivity contribution in [3.63, 3.8) is 0 Å². The highest BCUT2D eigenvalue weighted by molar-refractivity contribution is 5.61. The third kappa shape index (κ3) is 3.08. The number of benzene rings is 1. The summed E-state index contributed by atoms with van der Waals surface area (Å²) in [7, 11) is 1.56. The van der Waals surface area contributed by atoms with E-state index in [1.165, 1.54) is 6.20 Å². The van der Waals surface area contributed by atoms with Gasteiger partial charge in [-0.05, 0) is 32.0 Å². The minimum Gasteiger partial charge on any atom is -0.496 e. The summed E-state index contributed by atoms with van der Waals surface area (Å²) in [6.07, 6.45) is 1.45. The Morgan fingerprint density at radius 3 is 2.77 bits per heavy atom. The van der Waals surface area contributed by atoms with Gasteiger partial charge in [-0.1, -0.05) is 23.8 Å². The molecule has 3 aromatic rings. The molecular formula is C18H18N4O4. The van der Waals surface area contributed by atoms with Gasteiger partial charge in [-0.2, -0.15) is 0 Å². The van der Waals surface area contributed by atoms with E-state index >= 15 is 0 Å². The van der Waals surface area contributed by atoms with Gasteiger partial charge in [0, 0.05) is 11.8 Å². The largest absolute Gasteiger partial charge is 0.496 e. The minimum absolute atomic E-state index is 0.0674. The van der Waals surface area contributed by atoms with Crippen LogP contribution in [0.1, 0.15) is 24.1 Å². The Hall–Kier alpha value is -3.42.